The first-order valence-electron chi connectivity index (χ1n) is 11.5. The van der Waals surface area contributed by atoms with Crippen molar-refractivity contribution in [2.24, 2.45) is 5.10 Å². The number of fused-ring (bicyclic) bond motifs is 1. The summed E-state index contributed by atoms with van der Waals surface area (Å²) < 4.78 is 40.4. The number of amides is 1. The van der Waals surface area contributed by atoms with Gasteiger partial charge in [-0.3, -0.25) is 19.9 Å². The third-order valence-corrected chi connectivity index (χ3v) is 6.18. The SMILES string of the molecule is Cc1ccc(N2C(=O)/C(=N\Nc3ccc(CCCC(=O)O)cc3O)c3ccc(C(F)(F)F)cc32)cc1C. The fourth-order valence-electron chi connectivity index (χ4n) is 4.04. The molecule has 37 heavy (non-hydrogen) atoms. The van der Waals surface area contributed by atoms with Crippen LogP contribution < -0.4 is 10.3 Å². The number of phenolic OH excluding ortho intramolecular Hbond substituents is 1. The molecule has 192 valence electrons. The van der Waals surface area contributed by atoms with Crippen LogP contribution in [0.5, 0.6) is 5.75 Å². The first-order valence-corrected chi connectivity index (χ1v) is 11.5. The number of phenols is 1. The Hall–Kier alpha value is -4.34. The quantitative estimate of drug-likeness (QED) is 0.270. The molecule has 1 aliphatic heterocycles. The van der Waals surface area contributed by atoms with Crippen molar-refractivity contribution in [3.8, 4) is 5.75 Å². The Morgan fingerprint density at radius 1 is 1.03 bits per heavy atom. The molecule has 0 aliphatic carbocycles. The monoisotopic (exact) mass is 511 g/mol. The van der Waals surface area contributed by atoms with Crippen molar-refractivity contribution in [2.75, 3.05) is 10.3 Å². The van der Waals surface area contributed by atoms with E-state index in [1.165, 1.54) is 23.1 Å². The maximum absolute atomic E-state index is 13.5. The lowest BCUT2D eigenvalue weighted by atomic mass is 10.1. The summed E-state index contributed by atoms with van der Waals surface area (Å²) in [5.41, 5.74) is 5.07. The Balaban J connectivity index is 1.68. The van der Waals surface area contributed by atoms with Crippen molar-refractivity contribution in [3.05, 3.63) is 82.4 Å². The van der Waals surface area contributed by atoms with Gasteiger partial charge in [-0.05, 0) is 85.8 Å². The van der Waals surface area contributed by atoms with Crippen LogP contribution in [0.1, 0.15) is 40.7 Å². The average molecular weight is 512 g/mol. The van der Waals surface area contributed by atoms with E-state index >= 15 is 0 Å². The van der Waals surface area contributed by atoms with Crippen molar-refractivity contribution >= 4 is 34.7 Å². The van der Waals surface area contributed by atoms with Crippen LogP contribution in [0, 0.1) is 13.8 Å². The number of aromatic hydroxyl groups is 1. The third-order valence-electron chi connectivity index (χ3n) is 6.18. The van der Waals surface area contributed by atoms with Crippen molar-refractivity contribution in [1.29, 1.82) is 0 Å². The van der Waals surface area contributed by atoms with E-state index < -0.39 is 23.6 Å². The zero-order chi connectivity index (χ0) is 26.9. The maximum Gasteiger partial charge on any atom is 0.416 e. The molecule has 0 aromatic heterocycles. The molecule has 7 nitrogen and oxygen atoms in total. The fraction of sp³-hybridized carbons (Fsp3) is 0.222. The lowest BCUT2D eigenvalue weighted by Gasteiger charge is -2.19. The summed E-state index contributed by atoms with van der Waals surface area (Å²) in [7, 11) is 0. The van der Waals surface area contributed by atoms with Crippen LogP contribution in [-0.2, 0) is 22.2 Å². The third kappa shape index (κ3) is 5.42. The summed E-state index contributed by atoms with van der Waals surface area (Å²) in [5, 5.41) is 23.3. The van der Waals surface area contributed by atoms with Gasteiger partial charge in [-0.1, -0.05) is 12.1 Å². The molecule has 0 saturated carbocycles. The summed E-state index contributed by atoms with van der Waals surface area (Å²) in [6, 6.07) is 12.9. The number of carboxylic acid groups (broad SMARTS) is 1. The highest BCUT2D eigenvalue weighted by atomic mass is 19.4. The minimum absolute atomic E-state index is 0.00297. The van der Waals surface area contributed by atoms with Gasteiger partial charge in [0.2, 0.25) is 0 Å². The first-order chi connectivity index (χ1) is 17.5. The number of aliphatic carboxylic acids is 1. The molecule has 3 aromatic carbocycles. The van der Waals surface area contributed by atoms with Gasteiger partial charge in [0.25, 0.3) is 5.91 Å². The van der Waals surface area contributed by atoms with Crippen molar-refractivity contribution < 1.29 is 33.0 Å². The Kier molecular flexibility index (Phi) is 6.93. The highest BCUT2D eigenvalue weighted by Crippen LogP contribution is 2.40. The fourth-order valence-corrected chi connectivity index (χ4v) is 4.04. The van der Waals surface area contributed by atoms with Crippen LogP contribution in [-0.4, -0.2) is 27.8 Å². The Morgan fingerprint density at radius 2 is 1.78 bits per heavy atom. The van der Waals surface area contributed by atoms with Gasteiger partial charge in [0.1, 0.15) is 5.75 Å². The number of alkyl halides is 3. The van der Waals surface area contributed by atoms with E-state index in [-0.39, 0.29) is 34.8 Å². The number of nitrogens with zero attached hydrogens (tertiary/aromatic N) is 2. The minimum atomic E-state index is -4.59. The van der Waals surface area contributed by atoms with Gasteiger partial charge in [-0.2, -0.15) is 18.3 Å². The van der Waals surface area contributed by atoms with Gasteiger partial charge in [0, 0.05) is 17.7 Å². The van der Waals surface area contributed by atoms with E-state index in [0.29, 0.717) is 18.5 Å². The molecular weight excluding hydrogens is 487 g/mol. The van der Waals surface area contributed by atoms with Crippen molar-refractivity contribution in [3.63, 3.8) is 0 Å². The summed E-state index contributed by atoms with van der Waals surface area (Å²) in [6.45, 7) is 3.73. The van der Waals surface area contributed by atoms with E-state index in [9.17, 15) is 27.9 Å². The number of halogens is 3. The van der Waals surface area contributed by atoms with Crippen molar-refractivity contribution in [2.45, 2.75) is 39.3 Å². The molecule has 0 bridgehead atoms. The molecule has 0 spiro atoms. The van der Waals surface area contributed by atoms with Gasteiger partial charge in [-0.15, -0.1) is 0 Å². The van der Waals surface area contributed by atoms with E-state index in [1.807, 2.05) is 13.8 Å². The lowest BCUT2D eigenvalue weighted by molar-refractivity contribution is -0.138. The predicted octanol–water partition coefficient (Wildman–Crippen LogP) is 5.93. The van der Waals surface area contributed by atoms with Gasteiger partial charge >= 0.3 is 12.1 Å². The molecule has 3 N–H and O–H groups in total. The molecule has 0 radical (unpaired) electrons. The largest absolute Gasteiger partial charge is 0.506 e. The smallest absolute Gasteiger partial charge is 0.416 e. The van der Waals surface area contributed by atoms with E-state index in [0.717, 1.165) is 28.8 Å². The standard InChI is InChI=1S/C27H24F3N3O4/c1-15-6-9-19(12-16(15)2)33-22-14-18(27(28,29)30)8-10-20(22)25(26(33)37)32-31-21-11-7-17(13-23(21)34)4-3-5-24(35)36/h6-14,31,34H,3-5H2,1-2H3,(H,35,36)/b32-25-. The second-order valence-corrected chi connectivity index (χ2v) is 8.81. The zero-order valence-corrected chi connectivity index (χ0v) is 20.1. The van der Waals surface area contributed by atoms with Crippen LogP contribution in [0.3, 0.4) is 0 Å². The van der Waals surface area contributed by atoms with Crippen LogP contribution in [0.2, 0.25) is 0 Å². The van der Waals surface area contributed by atoms with Crippen LogP contribution in [0.15, 0.2) is 59.7 Å². The number of rotatable bonds is 7. The number of carbonyl (C=O) groups excluding carboxylic acids is 1. The number of hydrogen-bond acceptors (Lipinski definition) is 5. The van der Waals surface area contributed by atoms with Crippen molar-refractivity contribution in [1.82, 2.24) is 0 Å². The molecule has 3 aromatic rings. The number of anilines is 3. The summed E-state index contributed by atoms with van der Waals surface area (Å²) in [5.74, 6) is -1.69. The maximum atomic E-state index is 13.5. The lowest BCUT2D eigenvalue weighted by Crippen LogP contribution is -2.26. The Morgan fingerprint density at radius 3 is 2.43 bits per heavy atom. The topological polar surface area (TPSA) is 102 Å². The number of carboxylic acids is 1. The van der Waals surface area contributed by atoms with E-state index in [1.54, 1.807) is 24.3 Å². The van der Waals surface area contributed by atoms with E-state index in [2.05, 4.69) is 10.5 Å². The number of nitrogens with one attached hydrogen (secondary N) is 1. The van der Waals surface area contributed by atoms with E-state index in [4.69, 9.17) is 5.11 Å². The zero-order valence-electron chi connectivity index (χ0n) is 20.1. The van der Waals surface area contributed by atoms with Crippen LogP contribution in [0.4, 0.5) is 30.2 Å². The molecular formula is C27H24F3N3O4. The summed E-state index contributed by atoms with van der Waals surface area (Å²) >= 11 is 0. The average Bonchev–Trinajstić information content (AvgIpc) is 3.10. The minimum Gasteiger partial charge on any atom is -0.506 e. The molecule has 10 heteroatoms. The molecule has 0 atom stereocenters. The molecule has 0 unspecified atom stereocenters. The van der Waals surface area contributed by atoms with Crippen LogP contribution >= 0.6 is 0 Å². The predicted molar refractivity (Wildman–Crippen MR) is 133 cm³/mol. The number of hydrogen-bond donors (Lipinski definition) is 3. The molecule has 0 saturated heterocycles. The number of benzene rings is 3. The first kappa shape index (κ1) is 25.7. The van der Waals surface area contributed by atoms with Gasteiger partial charge in [0.15, 0.2) is 5.71 Å². The van der Waals surface area contributed by atoms with Gasteiger partial charge in [0.05, 0.1) is 16.9 Å². The summed E-state index contributed by atoms with van der Waals surface area (Å²) in [4.78, 5) is 25.3. The Labute approximate surface area is 210 Å². The van der Waals surface area contributed by atoms with Crippen LogP contribution in [0.25, 0.3) is 0 Å². The second-order valence-electron chi connectivity index (χ2n) is 8.81. The summed E-state index contributed by atoms with van der Waals surface area (Å²) in [6.07, 6.45) is -3.73. The Bertz CT molecular complexity index is 1420. The number of carbonyl (C=O) groups is 2. The molecule has 1 aliphatic rings. The molecule has 1 amide bonds. The second kappa shape index (κ2) is 9.96. The van der Waals surface area contributed by atoms with Gasteiger partial charge in [-0.25, -0.2) is 0 Å². The highest BCUT2D eigenvalue weighted by Gasteiger charge is 2.39. The molecule has 4 rings (SSSR count). The molecule has 0 fully saturated rings. The normalized spacial score (nSPS) is 14.2. The number of hydrazone groups is 1. The number of aryl methyl sites for hydroxylation is 3. The highest BCUT2D eigenvalue weighted by molar-refractivity contribution is 6.55. The molecule has 1 heterocycles. The van der Waals surface area contributed by atoms with Gasteiger partial charge < -0.3 is 10.2 Å².